The van der Waals surface area contributed by atoms with Crippen molar-refractivity contribution >= 4 is 5.96 Å². The molecule has 1 N–H and O–H groups in total. The largest absolute Gasteiger partial charge is 0.481 e. The molecule has 0 saturated heterocycles. The number of hydrogen-bond acceptors (Lipinski definition) is 3. The SMILES string of the molecule is C#CCOc1ccc(CCNC(=NC)N(C)CCOCC2CC2)cc1. The molecule has 1 fully saturated rings. The summed E-state index contributed by atoms with van der Waals surface area (Å²) in [7, 11) is 3.84. The molecule has 5 nitrogen and oxygen atoms in total. The van der Waals surface area contributed by atoms with Crippen LogP contribution in [0.3, 0.4) is 0 Å². The van der Waals surface area contributed by atoms with Crippen molar-refractivity contribution in [3.63, 3.8) is 0 Å². The van der Waals surface area contributed by atoms with E-state index in [0.717, 1.165) is 50.4 Å². The van der Waals surface area contributed by atoms with Gasteiger partial charge in [-0.1, -0.05) is 18.1 Å². The fraction of sp³-hybridized carbons (Fsp3) is 0.550. The molecule has 0 aromatic heterocycles. The molecule has 1 saturated carbocycles. The predicted octanol–water partition coefficient (Wildman–Crippen LogP) is 2.17. The van der Waals surface area contributed by atoms with Crippen molar-refractivity contribution in [3.8, 4) is 18.1 Å². The molecular formula is C20H29N3O2. The zero-order valence-electron chi connectivity index (χ0n) is 15.3. The molecule has 0 unspecified atom stereocenters. The molecule has 0 radical (unpaired) electrons. The van der Waals surface area contributed by atoms with Crippen molar-refractivity contribution in [2.75, 3.05) is 47.0 Å². The molecule has 1 aromatic rings. The molecule has 0 amide bonds. The lowest BCUT2D eigenvalue weighted by Crippen LogP contribution is -2.41. The molecule has 0 spiro atoms. The molecule has 1 aliphatic rings. The number of likely N-dealkylation sites (N-methyl/N-ethyl adjacent to an activating group) is 1. The Kier molecular flexibility index (Phi) is 8.14. The summed E-state index contributed by atoms with van der Waals surface area (Å²) in [5.41, 5.74) is 1.24. The van der Waals surface area contributed by atoms with Gasteiger partial charge in [-0.3, -0.25) is 4.99 Å². The van der Waals surface area contributed by atoms with Crippen LogP contribution in [0.4, 0.5) is 0 Å². The van der Waals surface area contributed by atoms with Crippen LogP contribution >= 0.6 is 0 Å². The molecular weight excluding hydrogens is 314 g/mol. The highest BCUT2D eigenvalue weighted by Gasteiger charge is 2.21. The van der Waals surface area contributed by atoms with Gasteiger partial charge >= 0.3 is 0 Å². The minimum Gasteiger partial charge on any atom is -0.481 e. The Morgan fingerprint density at radius 3 is 2.76 bits per heavy atom. The van der Waals surface area contributed by atoms with Gasteiger partial charge in [0.1, 0.15) is 12.4 Å². The van der Waals surface area contributed by atoms with Crippen LogP contribution in [0.5, 0.6) is 5.75 Å². The summed E-state index contributed by atoms with van der Waals surface area (Å²) in [5, 5.41) is 3.39. The van der Waals surface area contributed by atoms with E-state index in [0.29, 0.717) is 6.61 Å². The van der Waals surface area contributed by atoms with Crippen LogP contribution in [0.25, 0.3) is 0 Å². The molecule has 5 heteroatoms. The first kappa shape index (κ1) is 19.1. The van der Waals surface area contributed by atoms with Gasteiger partial charge in [0, 0.05) is 33.8 Å². The number of ether oxygens (including phenoxy) is 2. The molecule has 25 heavy (non-hydrogen) atoms. The number of benzene rings is 1. The third-order valence-corrected chi connectivity index (χ3v) is 4.14. The van der Waals surface area contributed by atoms with Crippen molar-refractivity contribution in [2.24, 2.45) is 10.9 Å². The highest BCUT2D eigenvalue weighted by Crippen LogP contribution is 2.28. The Balaban J connectivity index is 1.64. The van der Waals surface area contributed by atoms with Crippen LogP contribution < -0.4 is 10.1 Å². The van der Waals surface area contributed by atoms with E-state index in [1.807, 2.05) is 26.2 Å². The summed E-state index contributed by atoms with van der Waals surface area (Å²) in [4.78, 5) is 6.43. The van der Waals surface area contributed by atoms with E-state index in [9.17, 15) is 0 Å². The number of nitrogens with one attached hydrogen (secondary N) is 1. The van der Waals surface area contributed by atoms with E-state index >= 15 is 0 Å². The number of terminal acetylenes is 1. The quantitative estimate of drug-likeness (QED) is 0.306. The molecule has 1 aromatic carbocycles. The van der Waals surface area contributed by atoms with Crippen molar-refractivity contribution < 1.29 is 9.47 Å². The summed E-state index contributed by atoms with van der Waals surface area (Å²) >= 11 is 0. The molecule has 0 aliphatic heterocycles. The van der Waals surface area contributed by atoms with Gasteiger partial charge in [0.25, 0.3) is 0 Å². The molecule has 1 aliphatic carbocycles. The maximum Gasteiger partial charge on any atom is 0.193 e. The topological polar surface area (TPSA) is 46.1 Å². The maximum atomic E-state index is 5.69. The lowest BCUT2D eigenvalue weighted by molar-refractivity contribution is 0.115. The summed E-state index contributed by atoms with van der Waals surface area (Å²) in [6.07, 6.45) is 8.76. The van der Waals surface area contributed by atoms with Gasteiger partial charge in [-0.15, -0.1) is 6.42 Å². The number of nitrogens with zero attached hydrogens (tertiary/aromatic N) is 2. The maximum absolute atomic E-state index is 5.69. The van der Waals surface area contributed by atoms with Crippen LogP contribution in [-0.4, -0.2) is 57.9 Å². The molecule has 0 heterocycles. The number of aliphatic imine (C=N–C) groups is 1. The van der Waals surface area contributed by atoms with Crippen molar-refractivity contribution in [3.05, 3.63) is 29.8 Å². The van der Waals surface area contributed by atoms with Gasteiger partial charge in [0.2, 0.25) is 0 Å². The van der Waals surface area contributed by atoms with Crippen LogP contribution in [0.15, 0.2) is 29.3 Å². The highest BCUT2D eigenvalue weighted by atomic mass is 16.5. The van der Waals surface area contributed by atoms with Crippen molar-refractivity contribution in [2.45, 2.75) is 19.3 Å². The zero-order valence-corrected chi connectivity index (χ0v) is 15.3. The summed E-state index contributed by atoms with van der Waals surface area (Å²) in [6, 6.07) is 8.02. The van der Waals surface area contributed by atoms with Crippen molar-refractivity contribution in [1.82, 2.24) is 10.2 Å². The van der Waals surface area contributed by atoms with Crippen LogP contribution in [0, 0.1) is 18.3 Å². The lowest BCUT2D eigenvalue weighted by atomic mass is 10.1. The minimum atomic E-state index is 0.300. The lowest BCUT2D eigenvalue weighted by Gasteiger charge is -2.22. The third-order valence-electron chi connectivity index (χ3n) is 4.14. The molecule has 136 valence electrons. The first-order chi connectivity index (χ1) is 12.2. The van der Waals surface area contributed by atoms with Crippen LogP contribution in [-0.2, 0) is 11.2 Å². The summed E-state index contributed by atoms with van der Waals surface area (Å²) in [5.74, 6) is 4.97. The summed E-state index contributed by atoms with van der Waals surface area (Å²) < 4.78 is 11.1. The summed E-state index contributed by atoms with van der Waals surface area (Å²) in [6.45, 7) is 3.61. The zero-order chi connectivity index (χ0) is 17.9. The van der Waals surface area contributed by atoms with Gasteiger partial charge < -0.3 is 19.7 Å². The van der Waals surface area contributed by atoms with Crippen molar-refractivity contribution in [1.29, 1.82) is 0 Å². The van der Waals surface area contributed by atoms with E-state index in [2.05, 4.69) is 33.3 Å². The average Bonchev–Trinajstić information content (AvgIpc) is 3.46. The van der Waals surface area contributed by atoms with Gasteiger partial charge in [-0.25, -0.2) is 0 Å². The van der Waals surface area contributed by atoms with Crippen LogP contribution in [0.2, 0.25) is 0 Å². The Morgan fingerprint density at radius 1 is 1.36 bits per heavy atom. The second-order valence-corrected chi connectivity index (χ2v) is 6.30. The van der Waals surface area contributed by atoms with E-state index in [1.165, 1.54) is 18.4 Å². The Morgan fingerprint density at radius 2 is 2.12 bits per heavy atom. The normalized spacial score (nSPS) is 14.0. The average molecular weight is 343 g/mol. The Bertz CT molecular complexity index is 574. The second kappa shape index (κ2) is 10.6. The van der Waals surface area contributed by atoms with Gasteiger partial charge in [-0.05, 0) is 42.9 Å². The smallest absolute Gasteiger partial charge is 0.193 e. The van der Waals surface area contributed by atoms with E-state index in [1.54, 1.807) is 0 Å². The molecule has 0 atom stereocenters. The van der Waals surface area contributed by atoms with E-state index in [4.69, 9.17) is 15.9 Å². The van der Waals surface area contributed by atoms with Gasteiger partial charge in [0.15, 0.2) is 5.96 Å². The fourth-order valence-corrected chi connectivity index (χ4v) is 2.42. The standard InChI is InChI=1S/C20H29N3O2/c1-4-14-25-19-9-7-17(8-10-19)11-12-22-20(21-2)23(3)13-15-24-16-18-5-6-18/h1,7-10,18H,5-6,11-16H2,2-3H3,(H,21,22). The first-order valence-electron chi connectivity index (χ1n) is 8.87. The number of hydrogen-bond donors (Lipinski definition) is 1. The van der Waals surface area contributed by atoms with Crippen LogP contribution in [0.1, 0.15) is 18.4 Å². The Hall–Kier alpha value is -2.19. The monoisotopic (exact) mass is 343 g/mol. The highest BCUT2D eigenvalue weighted by molar-refractivity contribution is 5.79. The minimum absolute atomic E-state index is 0.300. The number of guanidine groups is 1. The van der Waals surface area contributed by atoms with E-state index < -0.39 is 0 Å². The van der Waals surface area contributed by atoms with E-state index in [-0.39, 0.29) is 0 Å². The third kappa shape index (κ3) is 7.49. The first-order valence-corrected chi connectivity index (χ1v) is 8.87. The molecule has 0 bridgehead atoms. The fourth-order valence-electron chi connectivity index (χ4n) is 2.42. The van der Waals surface area contributed by atoms with Gasteiger partial charge in [0.05, 0.1) is 6.61 Å². The van der Waals surface area contributed by atoms with Gasteiger partial charge in [-0.2, -0.15) is 0 Å². The second-order valence-electron chi connectivity index (χ2n) is 6.30. The number of rotatable bonds is 10. The Labute approximate surface area is 151 Å². The predicted molar refractivity (Wildman–Crippen MR) is 102 cm³/mol. The molecule has 2 rings (SSSR count).